The van der Waals surface area contributed by atoms with E-state index in [1.807, 2.05) is 65.2 Å². The second kappa shape index (κ2) is 11.5. The van der Waals surface area contributed by atoms with Crippen molar-refractivity contribution in [2.75, 3.05) is 5.75 Å². The Morgan fingerprint density at radius 1 is 1.03 bits per heavy atom. The van der Waals surface area contributed by atoms with Crippen LogP contribution in [0.15, 0.2) is 78.1 Å². The van der Waals surface area contributed by atoms with Gasteiger partial charge in [-0.05, 0) is 36.6 Å². The van der Waals surface area contributed by atoms with Gasteiger partial charge in [0.05, 0.1) is 5.75 Å². The number of hydrogen-bond donors (Lipinski definition) is 1. The van der Waals surface area contributed by atoms with Crippen LogP contribution in [0.3, 0.4) is 0 Å². The minimum absolute atomic E-state index is 0.0725. The number of aryl methyl sites for hydroxylation is 1. The Hall–Kier alpha value is -3.65. The fourth-order valence-corrected chi connectivity index (χ4v) is 4.29. The van der Waals surface area contributed by atoms with Gasteiger partial charge >= 0.3 is 0 Å². The van der Waals surface area contributed by atoms with Crippen molar-refractivity contribution in [1.82, 2.24) is 25.1 Å². The normalized spacial score (nSPS) is 10.8. The van der Waals surface area contributed by atoms with E-state index in [2.05, 4.69) is 40.4 Å². The molecule has 4 aromatic rings. The average Bonchev–Trinajstić information content (AvgIpc) is 3.29. The van der Waals surface area contributed by atoms with E-state index in [0.29, 0.717) is 19.0 Å². The fraction of sp³-hybridized carbons (Fsp3) is 0.231. The average molecular weight is 474 g/mol. The highest BCUT2D eigenvalue weighted by Gasteiger charge is 2.15. The van der Waals surface area contributed by atoms with Gasteiger partial charge < -0.3 is 14.6 Å². The van der Waals surface area contributed by atoms with Crippen LogP contribution in [-0.4, -0.2) is 31.4 Å². The molecule has 0 aliphatic carbocycles. The number of nitrogens with zero attached hydrogens (tertiary/aromatic N) is 4. The lowest BCUT2D eigenvalue weighted by Gasteiger charge is -2.10. The van der Waals surface area contributed by atoms with Crippen LogP contribution in [0, 0.1) is 6.92 Å². The van der Waals surface area contributed by atoms with Gasteiger partial charge in [-0.1, -0.05) is 66.4 Å². The van der Waals surface area contributed by atoms with Gasteiger partial charge in [-0.25, -0.2) is 4.98 Å². The summed E-state index contributed by atoms with van der Waals surface area (Å²) in [5.74, 6) is 1.54. The summed E-state index contributed by atoms with van der Waals surface area (Å²) in [6.07, 6.45) is 1.69. The van der Waals surface area contributed by atoms with E-state index >= 15 is 0 Å². The van der Waals surface area contributed by atoms with Gasteiger partial charge in [0.2, 0.25) is 11.8 Å². The van der Waals surface area contributed by atoms with Crippen LogP contribution in [0.25, 0.3) is 11.4 Å². The number of aromatic nitrogens is 4. The lowest BCUT2D eigenvalue weighted by molar-refractivity contribution is -0.118. The molecular weight excluding hydrogens is 446 g/mol. The molecule has 1 N–H and O–H groups in total. The number of benzene rings is 2. The maximum Gasteiger partial charge on any atom is 0.230 e. The molecule has 0 saturated heterocycles. The van der Waals surface area contributed by atoms with Crippen molar-refractivity contribution < 1.29 is 9.53 Å². The highest BCUT2D eigenvalue weighted by atomic mass is 32.2. The monoisotopic (exact) mass is 473 g/mol. The predicted molar refractivity (Wildman–Crippen MR) is 133 cm³/mol. The van der Waals surface area contributed by atoms with E-state index in [0.717, 1.165) is 39.8 Å². The number of carbonyl (C=O) groups is 1. The third kappa shape index (κ3) is 6.02. The lowest BCUT2D eigenvalue weighted by Crippen LogP contribution is -2.24. The van der Waals surface area contributed by atoms with Crippen LogP contribution >= 0.6 is 11.8 Å². The first-order valence-corrected chi connectivity index (χ1v) is 12.1. The largest absolute Gasteiger partial charge is 0.473 e. The SMILES string of the molecule is CCn1c(SCC(=O)NCc2ccnc(OCc3ccccc3)c2)nnc1-c1ccccc1C. The number of rotatable bonds is 10. The van der Waals surface area contributed by atoms with Crippen LogP contribution in [0.4, 0.5) is 0 Å². The Morgan fingerprint density at radius 3 is 2.62 bits per heavy atom. The molecule has 0 spiro atoms. The zero-order chi connectivity index (χ0) is 23.8. The van der Waals surface area contributed by atoms with Gasteiger partial charge in [0, 0.05) is 30.9 Å². The zero-order valence-electron chi connectivity index (χ0n) is 19.3. The molecule has 0 radical (unpaired) electrons. The smallest absolute Gasteiger partial charge is 0.230 e. The van der Waals surface area contributed by atoms with Crippen LogP contribution in [0.1, 0.15) is 23.6 Å². The molecule has 0 bridgehead atoms. The molecule has 1 amide bonds. The Morgan fingerprint density at radius 2 is 1.82 bits per heavy atom. The van der Waals surface area contributed by atoms with Crippen molar-refractivity contribution in [2.24, 2.45) is 0 Å². The summed E-state index contributed by atoms with van der Waals surface area (Å²) in [5.41, 5.74) is 4.19. The van der Waals surface area contributed by atoms with Crippen molar-refractivity contribution in [3.05, 3.63) is 89.6 Å². The molecule has 34 heavy (non-hydrogen) atoms. The highest BCUT2D eigenvalue weighted by molar-refractivity contribution is 7.99. The minimum atomic E-state index is -0.0725. The summed E-state index contributed by atoms with van der Waals surface area (Å²) >= 11 is 1.39. The maximum absolute atomic E-state index is 12.5. The molecule has 8 heteroatoms. The van der Waals surface area contributed by atoms with Crippen LogP contribution in [-0.2, 0) is 24.5 Å². The zero-order valence-corrected chi connectivity index (χ0v) is 20.1. The van der Waals surface area contributed by atoms with Crippen LogP contribution in [0.5, 0.6) is 5.88 Å². The number of hydrogen-bond acceptors (Lipinski definition) is 6. The maximum atomic E-state index is 12.5. The first-order chi connectivity index (χ1) is 16.6. The summed E-state index contributed by atoms with van der Waals surface area (Å²) in [5, 5.41) is 12.4. The molecule has 174 valence electrons. The first-order valence-electron chi connectivity index (χ1n) is 11.1. The van der Waals surface area contributed by atoms with Gasteiger partial charge in [-0.3, -0.25) is 4.79 Å². The van der Waals surface area contributed by atoms with E-state index < -0.39 is 0 Å². The molecule has 2 aromatic carbocycles. The molecule has 0 atom stereocenters. The van der Waals surface area contributed by atoms with Crippen molar-refractivity contribution in [1.29, 1.82) is 0 Å². The van der Waals surface area contributed by atoms with E-state index in [1.54, 1.807) is 6.20 Å². The number of amides is 1. The molecule has 0 aliphatic heterocycles. The van der Waals surface area contributed by atoms with E-state index in [9.17, 15) is 4.79 Å². The van der Waals surface area contributed by atoms with Gasteiger partial charge in [0.1, 0.15) is 6.61 Å². The number of thioether (sulfide) groups is 1. The lowest BCUT2D eigenvalue weighted by atomic mass is 10.1. The number of nitrogens with one attached hydrogen (secondary N) is 1. The molecule has 0 fully saturated rings. The van der Waals surface area contributed by atoms with Gasteiger partial charge in [-0.15, -0.1) is 10.2 Å². The predicted octanol–water partition coefficient (Wildman–Crippen LogP) is 4.66. The number of pyridine rings is 1. The second-order valence-corrected chi connectivity index (χ2v) is 8.65. The molecule has 7 nitrogen and oxygen atoms in total. The Bertz CT molecular complexity index is 1240. The summed E-state index contributed by atoms with van der Waals surface area (Å²) in [6, 6.07) is 21.7. The standard InChI is InChI=1S/C26H27N5O2S/c1-3-31-25(22-12-8-7-9-19(22)2)29-30-26(31)34-18-23(32)28-16-21-13-14-27-24(15-21)33-17-20-10-5-4-6-11-20/h4-15H,3,16-18H2,1-2H3,(H,28,32). The molecule has 2 heterocycles. The van der Waals surface area contributed by atoms with Crippen molar-refractivity contribution in [3.8, 4) is 17.3 Å². The molecule has 0 saturated carbocycles. The fourth-order valence-electron chi connectivity index (χ4n) is 3.46. The van der Waals surface area contributed by atoms with E-state index in [1.165, 1.54) is 11.8 Å². The Balaban J connectivity index is 1.30. The van der Waals surface area contributed by atoms with E-state index in [4.69, 9.17) is 4.74 Å². The molecule has 0 unspecified atom stereocenters. The first kappa shape index (κ1) is 23.5. The number of carbonyl (C=O) groups excluding carboxylic acids is 1. The molecule has 4 rings (SSSR count). The van der Waals surface area contributed by atoms with Crippen molar-refractivity contribution in [3.63, 3.8) is 0 Å². The van der Waals surface area contributed by atoms with Crippen LogP contribution < -0.4 is 10.1 Å². The third-order valence-corrected chi connectivity index (χ3v) is 6.24. The van der Waals surface area contributed by atoms with Crippen LogP contribution in [0.2, 0.25) is 0 Å². The number of ether oxygens (including phenoxy) is 1. The summed E-state index contributed by atoms with van der Waals surface area (Å²) in [7, 11) is 0. The van der Waals surface area contributed by atoms with Gasteiger partial charge in [0.25, 0.3) is 0 Å². The van der Waals surface area contributed by atoms with E-state index in [-0.39, 0.29) is 11.7 Å². The van der Waals surface area contributed by atoms with Gasteiger partial charge in [0.15, 0.2) is 11.0 Å². The Labute approximate surface area is 203 Å². The third-order valence-electron chi connectivity index (χ3n) is 5.27. The molecular formula is C26H27N5O2S. The molecule has 0 aliphatic rings. The second-order valence-electron chi connectivity index (χ2n) is 7.71. The van der Waals surface area contributed by atoms with Crippen molar-refractivity contribution >= 4 is 17.7 Å². The Kier molecular flexibility index (Phi) is 7.93. The summed E-state index contributed by atoms with van der Waals surface area (Å²) in [6.45, 7) is 5.68. The topological polar surface area (TPSA) is 81.9 Å². The molecule has 2 aromatic heterocycles. The summed E-state index contributed by atoms with van der Waals surface area (Å²) < 4.78 is 7.81. The summed E-state index contributed by atoms with van der Waals surface area (Å²) in [4.78, 5) is 16.7. The highest BCUT2D eigenvalue weighted by Crippen LogP contribution is 2.26. The quantitative estimate of drug-likeness (QED) is 0.338. The van der Waals surface area contributed by atoms with Crippen molar-refractivity contribution in [2.45, 2.75) is 38.7 Å². The minimum Gasteiger partial charge on any atom is -0.473 e. The van der Waals surface area contributed by atoms with Gasteiger partial charge in [-0.2, -0.15) is 0 Å².